The fourth-order valence-electron chi connectivity index (χ4n) is 4.92. The maximum absolute atomic E-state index is 13.4. The van der Waals surface area contributed by atoms with E-state index in [4.69, 9.17) is 34.8 Å². The van der Waals surface area contributed by atoms with Crippen LogP contribution >= 0.6 is 34.8 Å². The number of rotatable bonds is 8. The van der Waals surface area contributed by atoms with Crippen molar-refractivity contribution in [2.45, 2.75) is 44.0 Å². The molecule has 0 bridgehead atoms. The Kier molecular flexibility index (Phi) is 9.40. The van der Waals surface area contributed by atoms with Crippen molar-refractivity contribution in [3.63, 3.8) is 0 Å². The summed E-state index contributed by atoms with van der Waals surface area (Å²) in [7, 11) is -4.10. The summed E-state index contributed by atoms with van der Waals surface area (Å²) < 4.78 is 29.1. The average Bonchev–Trinajstić information content (AvgIpc) is 2.87. The number of hydrogen-bond donors (Lipinski definition) is 1. The molecule has 1 atom stereocenters. The summed E-state index contributed by atoms with van der Waals surface area (Å²) in [5.74, 6) is -0.299. The van der Waals surface area contributed by atoms with Crippen LogP contribution in [-0.2, 0) is 14.8 Å². The van der Waals surface area contributed by atoms with E-state index in [0.717, 1.165) is 16.7 Å². The number of benzene rings is 3. The first-order valence-electron chi connectivity index (χ1n) is 12.6. The lowest BCUT2D eigenvalue weighted by molar-refractivity contribution is -0.132. The summed E-state index contributed by atoms with van der Waals surface area (Å²) in [6.07, 6.45) is 0.940. The van der Waals surface area contributed by atoms with Crippen LogP contribution in [0.5, 0.6) is 0 Å². The Morgan fingerprint density at radius 2 is 1.59 bits per heavy atom. The van der Waals surface area contributed by atoms with Crippen LogP contribution in [0.1, 0.15) is 52.4 Å². The average molecular weight is 608 g/mol. The highest BCUT2D eigenvalue weighted by Crippen LogP contribution is 2.30. The van der Waals surface area contributed by atoms with Gasteiger partial charge in [-0.25, -0.2) is 13.1 Å². The zero-order chi connectivity index (χ0) is 28.3. The van der Waals surface area contributed by atoms with Gasteiger partial charge in [-0.2, -0.15) is 0 Å². The van der Waals surface area contributed by atoms with Crippen molar-refractivity contribution in [2.75, 3.05) is 13.1 Å². The second-order valence-electron chi connectivity index (χ2n) is 9.84. The van der Waals surface area contributed by atoms with Gasteiger partial charge in [0, 0.05) is 46.1 Å². The molecule has 0 saturated carbocycles. The van der Waals surface area contributed by atoms with Gasteiger partial charge >= 0.3 is 0 Å². The van der Waals surface area contributed by atoms with Crippen molar-refractivity contribution in [3.05, 3.63) is 98.0 Å². The van der Waals surface area contributed by atoms with Crippen LogP contribution < -0.4 is 4.72 Å². The Labute approximate surface area is 244 Å². The lowest BCUT2D eigenvalue weighted by Gasteiger charge is -2.33. The number of ketones is 1. The number of halogens is 3. The molecule has 1 saturated heterocycles. The summed E-state index contributed by atoms with van der Waals surface area (Å²) in [4.78, 5) is 28.1. The highest BCUT2D eigenvalue weighted by atomic mass is 35.5. The molecule has 1 N–H and O–H groups in total. The monoisotopic (exact) mass is 606 g/mol. The first-order valence-corrected chi connectivity index (χ1v) is 15.2. The van der Waals surface area contributed by atoms with E-state index in [9.17, 15) is 18.0 Å². The second kappa shape index (κ2) is 12.4. The third-order valence-electron chi connectivity index (χ3n) is 6.97. The first-order chi connectivity index (χ1) is 18.4. The van der Waals surface area contributed by atoms with E-state index in [1.165, 1.54) is 18.2 Å². The van der Waals surface area contributed by atoms with Gasteiger partial charge in [-0.3, -0.25) is 9.59 Å². The molecule has 6 nitrogen and oxygen atoms in total. The standard InChI is InChI=1S/C29H29Cl3N2O4S/c1-18-7-8-24(19(2)13-18)29(36)20-9-11-34(12-10-20)28(35)17-27(25-5-3-4-6-26(25)32)33-39(37,38)23-15-21(30)14-22(31)16-23/h3-8,13-16,20,27,33H,9-12,17H2,1-2H3. The van der Waals surface area contributed by atoms with E-state index >= 15 is 0 Å². The Morgan fingerprint density at radius 1 is 0.949 bits per heavy atom. The molecular formula is C29H29Cl3N2O4S. The molecule has 206 valence electrons. The van der Waals surface area contributed by atoms with Crippen molar-refractivity contribution >= 4 is 56.5 Å². The molecule has 1 fully saturated rings. The van der Waals surface area contributed by atoms with E-state index in [2.05, 4.69) is 4.72 Å². The highest BCUT2D eigenvalue weighted by molar-refractivity contribution is 7.89. The Bertz CT molecular complexity index is 1480. The molecule has 0 aromatic heterocycles. The normalized spacial score (nSPS) is 15.3. The molecule has 10 heteroatoms. The fraction of sp³-hybridized carbons (Fsp3) is 0.310. The smallest absolute Gasteiger partial charge is 0.241 e. The predicted molar refractivity (Wildman–Crippen MR) is 155 cm³/mol. The minimum atomic E-state index is -4.10. The number of sulfonamides is 1. The third kappa shape index (κ3) is 7.21. The molecule has 0 aliphatic carbocycles. The number of hydrogen-bond acceptors (Lipinski definition) is 4. The summed E-state index contributed by atoms with van der Waals surface area (Å²) in [6.45, 7) is 4.75. The molecule has 4 rings (SSSR count). The number of nitrogens with zero attached hydrogens (tertiary/aromatic N) is 1. The van der Waals surface area contributed by atoms with Crippen molar-refractivity contribution in [1.29, 1.82) is 0 Å². The maximum atomic E-state index is 13.4. The number of piperidine rings is 1. The molecule has 1 amide bonds. The molecule has 0 spiro atoms. The van der Waals surface area contributed by atoms with Crippen molar-refractivity contribution in [1.82, 2.24) is 9.62 Å². The number of nitrogens with one attached hydrogen (secondary N) is 1. The number of Topliss-reactive ketones (excluding diaryl/α,β-unsaturated/α-hetero) is 1. The van der Waals surface area contributed by atoms with Crippen LogP contribution in [0.4, 0.5) is 0 Å². The largest absolute Gasteiger partial charge is 0.343 e. The van der Waals surface area contributed by atoms with Gasteiger partial charge in [0.05, 0.1) is 10.9 Å². The number of likely N-dealkylation sites (tertiary alicyclic amines) is 1. The lowest BCUT2D eigenvalue weighted by atomic mass is 9.86. The number of carbonyl (C=O) groups excluding carboxylic acids is 2. The van der Waals surface area contributed by atoms with E-state index in [0.29, 0.717) is 36.5 Å². The highest BCUT2D eigenvalue weighted by Gasteiger charge is 2.31. The van der Waals surface area contributed by atoms with Gasteiger partial charge in [0.2, 0.25) is 15.9 Å². The Balaban J connectivity index is 1.49. The molecule has 1 aliphatic rings. The van der Waals surface area contributed by atoms with E-state index < -0.39 is 16.1 Å². The molecule has 1 aliphatic heterocycles. The summed E-state index contributed by atoms with van der Waals surface area (Å²) in [5, 5.41) is 0.679. The molecule has 3 aromatic rings. The zero-order valence-corrected chi connectivity index (χ0v) is 24.7. The first kappa shape index (κ1) is 29.6. The second-order valence-corrected chi connectivity index (χ2v) is 12.8. The molecule has 1 unspecified atom stereocenters. The number of amides is 1. The quantitative estimate of drug-likeness (QED) is 0.286. The van der Waals surface area contributed by atoms with Gasteiger partial charge in [-0.15, -0.1) is 0 Å². The topological polar surface area (TPSA) is 83.6 Å². The molecule has 3 aromatic carbocycles. The van der Waals surface area contributed by atoms with Crippen LogP contribution in [0.2, 0.25) is 15.1 Å². The van der Waals surface area contributed by atoms with Gasteiger partial charge in [0.1, 0.15) is 0 Å². The molecule has 1 heterocycles. The van der Waals surface area contributed by atoms with Gasteiger partial charge in [0.15, 0.2) is 5.78 Å². The lowest BCUT2D eigenvalue weighted by Crippen LogP contribution is -2.42. The summed E-state index contributed by atoms with van der Waals surface area (Å²) in [6, 6.07) is 15.7. The molecule has 39 heavy (non-hydrogen) atoms. The Hall–Kier alpha value is -2.42. The third-order valence-corrected chi connectivity index (χ3v) is 9.20. The van der Waals surface area contributed by atoms with Crippen LogP contribution in [0.3, 0.4) is 0 Å². The van der Waals surface area contributed by atoms with Crippen LogP contribution in [-0.4, -0.2) is 38.1 Å². The summed E-state index contributed by atoms with van der Waals surface area (Å²) in [5.41, 5.74) is 3.25. The van der Waals surface area contributed by atoms with E-state index in [1.807, 2.05) is 32.0 Å². The van der Waals surface area contributed by atoms with Gasteiger partial charge in [-0.05, 0) is 62.1 Å². The molecule has 0 radical (unpaired) electrons. The van der Waals surface area contributed by atoms with Crippen LogP contribution in [0.15, 0.2) is 65.6 Å². The summed E-state index contributed by atoms with van der Waals surface area (Å²) >= 11 is 18.5. The number of carbonyl (C=O) groups is 2. The van der Waals surface area contributed by atoms with Crippen molar-refractivity contribution in [3.8, 4) is 0 Å². The van der Waals surface area contributed by atoms with Crippen molar-refractivity contribution < 1.29 is 18.0 Å². The zero-order valence-electron chi connectivity index (χ0n) is 21.6. The minimum absolute atomic E-state index is 0.0986. The minimum Gasteiger partial charge on any atom is -0.343 e. The fourth-order valence-corrected chi connectivity index (χ4v) is 7.12. The van der Waals surface area contributed by atoms with Crippen LogP contribution in [0.25, 0.3) is 0 Å². The van der Waals surface area contributed by atoms with Gasteiger partial charge in [0.25, 0.3) is 0 Å². The predicted octanol–water partition coefficient (Wildman–Crippen LogP) is 6.79. The number of aryl methyl sites for hydroxylation is 2. The van der Waals surface area contributed by atoms with Crippen LogP contribution in [0, 0.1) is 19.8 Å². The molecular weight excluding hydrogens is 579 g/mol. The SMILES string of the molecule is Cc1ccc(C(=O)C2CCN(C(=O)CC(NS(=O)(=O)c3cc(Cl)cc(Cl)c3)c3ccccc3Cl)CC2)c(C)c1. The van der Waals surface area contributed by atoms with Crippen molar-refractivity contribution in [2.24, 2.45) is 5.92 Å². The van der Waals surface area contributed by atoms with Gasteiger partial charge in [-0.1, -0.05) is 76.8 Å². The van der Waals surface area contributed by atoms with Gasteiger partial charge < -0.3 is 4.90 Å². The van der Waals surface area contributed by atoms with E-state index in [-0.39, 0.29) is 39.0 Å². The maximum Gasteiger partial charge on any atom is 0.241 e. The van der Waals surface area contributed by atoms with E-state index in [1.54, 1.807) is 29.2 Å². The Morgan fingerprint density at radius 3 is 2.21 bits per heavy atom.